The van der Waals surface area contributed by atoms with Crippen molar-refractivity contribution in [3.05, 3.63) is 67.7 Å². The Hall–Kier alpha value is -3.71. The Labute approximate surface area is 184 Å². The third-order valence-electron chi connectivity index (χ3n) is 5.53. The SMILES string of the molecule is O=C(O)C1(NCc2cccc([N+](=O)[O-])c2)CCN(c2ncc3ccsc3n2)C([N+](=O)[O-])C1. The van der Waals surface area contributed by atoms with Crippen molar-refractivity contribution in [1.82, 2.24) is 15.3 Å². The van der Waals surface area contributed by atoms with Crippen molar-refractivity contribution >= 4 is 39.2 Å². The Balaban J connectivity index is 1.57. The molecular formula is C19H18N6O6S. The van der Waals surface area contributed by atoms with Crippen LogP contribution >= 0.6 is 11.3 Å². The molecule has 2 N–H and O–H groups in total. The van der Waals surface area contributed by atoms with E-state index in [4.69, 9.17) is 0 Å². The van der Waals surface area contributed by atoms with Gasteiger partial charge in [0.15, 0.2) is 0 Å². The number of carboxylic acid groups (broad SMARTS) is 1. The van der Waals surface area contributed by atoms with Crippen LogP contribution < -0.4 is 10.2 Å². The third kappa shape index (κ3) is 4.07. The monoisotopic (exact) mass is 458 g/mol. The summed E-state index contributed by atoms with van der Waals surface area (Å²) in [6.07, 6.45) is -0.0243. The zero-order valence-electron chi connectivity index (χ0n) is 16.6. The van der Waals surface area contributed by atoms with Crippen molar-refractivity contribution in [2.75, 3.05) is 11.4 Å². The molecular weight excluding hydrogens is 440 g/mol. The van der Waals surface area contributed by atoms with Crippen molar-refractivity contribution < 1.29 is 19.7 Å². The molecule has 3 aromatic rings. The lowest BCUT2D eigenvalue weighted by molar-refractivity contribution is -0.526. The Morgan fingerprint density at radius 3 is 2.88 bits per heavy atom. The van der Waals surface area contributed by atoms with Crippen LogP contribution in [0.25, 0.3) is 10.2 Å². The normalized spacial score (nSPS) is 20.9. The highest BCUT2D eigenvalue weighted by Crippen LogP contribution is 2.32. The first-order valence-corrected chi connectivity index (χ1v) is 10.5. The maximum atomic E-state index is 12.2. The molecule has 1 fully saturated rings. The van der Waals surface area contributed by atoms with Gasteiger partial charge in [-0.1, -0.05) is 12.1 Å². The number of hydrogen-bond donors (Lipinski definition) is 2. The van der Waals surface area contributed by atoms with Gasteiger partial charge in [-0.05, 0) is 23.4 Å². The van der Waals surface area contributed by atoms with E-state index in [0.29, 0.717) is 10.4 Å². The molecule has 0 bridgehead atoms. The van der Waals surface area contributed by atoms with E-state index < -0.39 is 27.5 Å². The van der Waals surface area contributed by atoms with Gasteiger partial charge in [0.25, 0.3) is 11.9 Å². The quantitative estimate of drug-likeness (QED) is 0.397. The number of nitro groups is 2. The summed E-state index contributed by atoms with van der Waals surface area (Å²) in [6.45, 7) is 0.0623. The van der Waals surface area contributed by atoms with Crippen LogP contribution in [0.3, 0.4) is 0 Å². The van der Waals surface area contributed by atoms with E-state index in [9.17, 15) is 30.1 Å². The minimum Gasteiger partial charge on any atom is -0.480 e. The number of thiophene rings is 1. The number of aliphatic carboxylic acids is 1. The molecule has 1 saturated heterocycles. The minimum absolute atomic E-state index is 0.00999. The molecule has 0 radical (unpaired) electrons. The van der Waals surface area contributed by atoms with Crippen LogP contribution in [0.1, 0.15) is 18.4 Å². The second-order valence-electron chi connectivity index (χ2n) is 7.43. The lowest BCUT2D eigenvalue weighted by Crippen LogP contribution is -2.63. The van der Waals surface area contributed by atoms with E-state index in [0.717, 1.165) is 5.39 Å². The number of piperidine rings is 1. The highest BCUT2D eigenvalue weighted by atomic mass is 32.1. The van der Waals surface area contributed by atoms with Gasteiger partial charge in [0.05, 0.1) is 11.3 Å². The van der Waals surface area contributed by atoms with E-state index in [-0.39, 0.29) is 37.6 Å². The molecule has 0 aliphatic carbocycles. The van der Waals surface area contributed by atoms with E-state index in [2.05, 4.69) is 15.3 Å². The maximum Gasteiger partial charge on any atom is 0.324 e. The van der Waals surface area contributed by atoms with E-state index in [1.807, 2.05) is 11.4 Å². The molecule has 32 heavy (non-hydrogen) atoms. The van der Waals surface area contributed by atoms with Crippen LogP contribution in [-0.4, -0.2) is 49.1 Å². The summed E-state index contributed by atoms with van der Waals surface area (Å²) in [7, 11) is 0. The average Bonchev–Trinajstić information content (AvgIpc) is 3.25. The molecule has 0 spiro atoms. The molecule has 12 nitrogen and oxygen atoms in total. The predicted octanol–water partition coefficient (Wildman–Crippen LogP) is 2.42. The number of nitrogens with one attached hydrogen (secondary N) is 1. The first-order chi connectivity index (χ1) is 15.3. The van der Waals surface area contributed by atoms with E-state index >= 15 is 0 Å². The molecule has 166 valence electrons. The molecule has 3 heterocycles. The number of rotatable bonds is 7. The molecule has 1 aliphatic heterocycles. The number of aromatic nitrogens is 2. The number of nitrogens with zero attached hydrogens (tertiary/aromatic N) is 5. The lowest BCUT2D eigenvalue weighted by Gasteiger charge is -2.40. The number of anilines is 1. The smallest absolute Gasteiger partial charge is 0.324 e. The van der Waals surface area contributed by atoms with Crippen molar-refractivity contribution in [2.45, 2.75) is 31.1 Å². The fraction of sp³-hybridized carbons (Fsp3) is 0.316. The fourth-order valence-electron chi connectivity index (χ4n) is 3.77. The second-order valence-corrected chi connectivity index (χ2v) is 8.33. The van der Waals surface area contributed by atoms with Crippen LogP contribution in [-0.2, 0) is 11.3 Å². The first kappa shape index (κ1) is 21.5. The second kappa shape index (κ2) is 8.43. The fourth-order valence-corrected chi connectivity index (χ4v) is 4.51. The van der Waals surface area contributed by atoms with Gasteiger partial charge in [-0.3, -0.25) is 35.2 Å². The largest absolute Gasteiger partial charge is 0.480 e. The molecule has 2 aromatic heterocycles. The molecule has 4 rings (SSSR count). The van der Waals surface area contributed by atoms with E-state index in [1.54, 1.807) is 12.3 Å². The summed E-state index contributed by atoms with van der Waals surface area (Å²) in [5, 5.41) is 38.4. The molecule has 2 atom stereocenters. The van der Waals surface area contributed by atoms with E-state index in [1.165, 1.54) is 34.4 Å². The topological polar surface area (TPSA) is 165 Å². The van der Waals surface area contributed by atoms with Crippen LogP contribution in [0.5, 0.6) is 0 Å². The average molecular weight is 458 g/mol. The first-order valence-electron chi connectivity index (χ1n) is 9.61. The van der Waals surface area contributed by atoms with Crippen LogP contribution in [0, 0.1) is 20.2 Å². The van der Waals surface area contributed by atoms with Gasteiger partial charge >= 0.3 is 5.97 Å². The predicted molar refractivity (Wildman–Crippen MR) is 115 cm³/mol. The summed E-state index contributed by atoms with van der Waals surface area (Å²) >= 11 is 1.39. The van der Waals surface area contributed by atoms with Gasteiger partial charge in [-0.15, -0.1) is 11.3 Å². The van der Waals surface area contributed by atoms with Gasteiger partial charge in [-0.25, -0.2) is 9.97 Å². The van der Waals surface area contributed by atoms with Crippen molar-refractivity contribution in [2.24, 2.45) is 0 Å². The minimum atomic E-state index is -1.58. The van der Waals surface area contributed by atoms with Gasteiger partial charge in [0.2, 0.25) is 5.95 Å². The molecule has 1 aliphatic rings. The van der Waals surface area contributed by atoms with Gasteiger partial charge in [-0.2, -0.15) is 0 Å². The Bertz CT molecular complexity index is 1200. The molecule has 13 heteroatoms. The van der Waals surface area contributed by atoms with Crippen LogP contribution in [0.15, 0.2) is 41.9 Å². The number of carboxylic acids is 1. The number of non-ortho nitro benzene ring substituents is 1. The van der Waals surface area contributed by atoms with Crippen molar-refractivity contribution in [1.29, 1.82) is 0 Å². The summed E-state index contributed by atoms with van der Waals surface area (Å²) in [5.41, 5.74) is -1.19. The highest BCUT2D eigenvalue weighted by molar-refractivity contribution is 7.16. The highest BCUT2D eigenvalue weighted by Gasteiger charge is 2.50. The number of nitro benzene ring substituents is 1. The zero-order valence-corrected chi connectivity index (χ0v) is 17.4. The summed E-state index contributed by atoms with van der Waals surface area (Å²) < 4.78 is 0. The molecule has 1 aromatic carbocycles. The molecule has 0 amide bonds. The van der Waals surface area contributed by atoms with Crippen LogP contribution in [0.4, 0.5) is 11.6 Å². The summed E-state index contributed by atoms with van der Waals surface area (Å²) in [5.74, 6) is -1.04. The Kier molecular flexibility index (Phi) is 5.67. The number of benzene rings is 1. The van der Waals surface area contributed by atoms with Gasteiger partial charge < -0.3 is 5.11 Å². The standard InChI is InChI=1S/C19H18N6O6S/c26-17(27)19(21-10-12-2-1-3-14(8-12)24(28)29)5-6-23(15(9-19)25(30)31)18-20-11-13-4-7-32-16(13)22-18/h1-4,7-8,11,15,21H,5-6,9-10H2,(H,26,27). The summed E-state index contributed by atoms with van der Waals surface area (Å²) in [6, 6.07) is 7.65. The Morgan fingerprint density at radius 2 is 2.16 bits per heavy atom. The number of fused-ring (bicyclic) bond motifs is 1. The third-order valence-corrected chi connectivity index (χ3v) is 6.35. The Morgan fingerprint density at radius 1 is 1.34 bits per heavy atom. The van der Waals surface area contributed by atoms with Crippen molar-refractivity contribution in [3.63, 3.8) is 0 Å². The maximum absolute atomic E-state index is 12.2. The van der Waals surface area contributed by atoms with Crippen molar-refractivity contribution in [3.8, 4) is 0 Å². The zero-order chi connectivity index (χ0) is 22.9. The number of carbonyl (C=O) groups is 1. The van der Waals surface area contributed by atoms with Gasteiger partial charge in [0, 0.05) is 41.7 Å². The number of hydrogen-bond acceptors (Lipinski definition) is 10. The summed E-state index contributed by atoms with van der Waals surface area (Å²) in [4.78, 5) is 44.7. The van der Waals surface area contributed by atoms with Gasteiger partial charge in [0.1, 0.15) is 10.4 Å². The lowest BCUT2D eigenvalue weighted by atomic mass is 9.85. The molecule has 2 unspecified atom stereocenters. The molecule has 0 saturated carbocycles. The van der Waals surface area contributed by atoms with Crippen LogP contribution in [0.2, 0.25) is 0 Å².